The predicted octanol–water partition coefficient (Wildman–Crippen LogP) is 6.41. The van der Waals surface area contributed by atoms with Gasteiger partial charge in [0.2, 0.25) is 12.6 Å². The number of aliphatic hydroxyl groups is 2. The van der Waals surface area contributed by atoms with Crippen molar-refractivity contribution in [3.05, 3.63) is 59.7 Å². The number of thioether (sulfide) groups is 4. The van der Waals surface area contributed by atoms with Crippen LogP contribution in [0.5, 0.6) is 11.5 Å². The molecule has 4 unspecified atom stereocenters. The molecule has 2 aromatic rings. The molecule has 0 aliphatic heterocycles. The largest absolute Gasteiger partial charge is 0.462 e. The SMILES string of the molecule is CSCCSCCOC(Oc1ccc(C(C)(C)c2ccc(OC(OCCSCCSC)C(C)O)cc2)cc1)C(C)O. The van der Waals surface area contributed by atoms with Crippen molar-refractivity contribution in [1.82, 2.24) is 0 Å². The number of benzene rings is 2. The van der Waals surface area contributed by atoms with Gasteiger partial charge in [-0.25, -0.2) is 0 Å². The first kappa shape index (κ1) is 36.5. The summed E-state index contributed by atoms with van der Waals surface area (Å²) in [4.78, 5) is 0. The van der Waals surface area contributed by atoms with Gasteiger partial charge in [0.15, 0.2) is 0 Å². The summed E-state index contributed by atoms with van der Waals surface area (Å²) < 4.78 is 23.6. The Bertz CT molecular complexity index is 865. The fourth-order valence-electron chi connectivity index (χ4n) is 3.81. The fraction of sp³-hybridized carbons (Fsp3) is 0.613. The van der Waals surface area contributed by atoms with Crippen LogP contribution in [0.15, 0.2) is 48.5 Å². The van der Waals surface area contributed by atoms with Gasteiger partial charge in [-0.1, -0.05) is 38.1 Å². The first-order valence-electron chi connectivity index (χ1n) is 14.0. The van der Waals surface area contributed by atoms with Gasteiger partial charge in [-0.15, -0.1) is 0 Å². The molecular weight excluding hydrogens is 597 g/mol. The summed E-state index contributed by atoms with van der Waals surface area (Å²) in [7, 11) is 0. The molecule has 232 valence electrons. The van der Waals surface area contributed by atoms with Crippen molar-refractivity contribution in [3.8, 4) is 11.5 Å². The second-order valence-corrected chi connectivity index (χ2v) is 14.5. The average Bonchev–Trinajstić information content (AvgIpc) is 2.95. The summed E-state index contributed by atoms with van der Waals surface area (Å²) >= 11 is 7.35. The van der Waals surface area contributed by atoms with Crippen molar-refractivity contribution in [3.63, 3.8) is 0 Å². The molecule has 0 aliphatic carbocycles. The molecule has 41 heavy (non-hydrogen) atoms. The lowest BCUT2D eigenvalue weighted by atomic mass is 9.78. The third kappa shape index (κ3) is 13.6. The molecule has 2 aromatic carbocycles. The lowest BCUT2D eigenvalue weighted by Gasteiger charge is -2.28. The number of rotatable bonds is 22. The second kappa shape index (κ2) is 20.3. The van der Waals surface area contributed by atoms with Gasteiger partial charge >= 0.3 is 0 Å². The lowest BCUT2D eigenvalue weighted by Crippen LogP contribution is -2.33. The topological polar surface area (TPSA) is 77.4 Å². The summed E-state index contributed by atoms with van der Waals surface area (Å²) in [5, 5.41) is 20.3. The maximum Gasteiger partial charge on any atom is 0.225 e. The van der Waals surface area contributed by atoms with E-state index < -0.39 is 24.8 Å². The fourth-order valence-corrected chi connectivity index (χ4v) is 6.93. The second-order valence-electron chi connectivity index (χ2n) is 10.1. The number of ether oxygens (including phenoxy) is 4. The van der Waals surface area contributed by atoms with Crippen LogP contribution in [-0.2, 0) is 14.9 Å². The van der Waals surface area contributed by atoms with E-state index in [1.54, 1.807) is 13.8 Å². The maximum absolute atomic E-state index is 10.1. The Morgan fingerprint density at radius 3 is 1.29 bits per heavy atom. The van der Waals surface area contributed by atoms with Gasteiger partial charge in [0.1, 0.15) is 23.7 Å². The molecule has 2 rings (SSSR count). The zero-order chi connectivity index (χ0) is 30.1. The van der Waals surface area contributed by atoms with E-state index in [9.17, 15) is 10.2 Å². The molecule has 0 fully saturated rings. The maximum atomic E-state index is 10.1. The van der Waals surface area contributed by atoms with E-state index in [1.165, 1.54) is 0 Å². The van der Waals surface area contributed by atoms with E-state index >= 15 is 0 Å². The minimum Gasteiger partial charge on any atom is -0.462 e. The van der Waals surface area contributed by atoms with E-state index in [1.807, 2.05) is 95.6 Å². The van der Waals surface area contributed by atoms with Crippen LogP contribution in [0.4, 0.5) is 0 Å². The van der Waals surface area contributed by atoms with Crippen LogP contribution in [0.25, 0.3) is 0 Å². The van der Waals surface area contributed by atoms with Crippen molar-refractivity contribution in [1.29, 1.82) is 0 Å². The summed E-state index contributed by atoms with van der Waals surface area (Å²) in [6, 6.07) is 15.9. The standard InChI is InChI=1S/C31H48O6S4/c1-23(32)29(34-15-17-40-21-19-38-5)36-27-11-7-25(8-12-27)31(3,4)26-9-13-28(14-10-26)37-30(24(2)33)35-16-18-41-22-20-39-6/h7-14,23-24,29-30,32-33H,15-22H2,1-6H3. The van der Waals surface area contributed by atoms with Gasteiger partial charge in [0, 0.05) is 39.9 Å². The zero-order valence-electron chi connectivity index (χ0n) is 25.2. The molecule has 0 spiro atoms. The van der Waals surface area contributed by atoms with E-state index in [4.69, 9.17) is 18.9 Å². The quantitative estimate of drug-likeness (QED) is 0.111. The molecule has 0 bridgehead atoms. The Balaban J connectivity index is 1.94. The number of hydrogen-bond acceptors (Lipinski definition) is 10. The highest BCUT2D eigenvalue weighted by Gasteiger charge is 2.25. The van der Waals surface area contributed by atoms with Crippen LogP contribution in [-0.4, -0.2) is 95.2 Å². The van der Waals surface area contributed by atoms with Gasteiger partial charge in [-0.3, -0.25) is 0 Å². The molecule has 4 atom stereocenters. The van der Waals surface area contributed by atoms with Crippen LogP contribution < -0.4 is 9.47 Å². The Kier molecular flexibility index (Phi) is 18.0. The van der Waals surface area contributed by atoms with Crippen LogP contribution >= 0.6 is 47.0 Å². The van der Waals surface area contributed by atoms with Gasteiger partial charge < -0.3 is 29.2 Å². The molecule has 0 saturated carbocycles. The number of hydrogen-bond donors (Lipinski definition) is 2. The van der Waals surface area contributed by atoms with Crippen LogP contribution in [0, 0.1) is 0 Å². The Morgan fingerprint density at radius 1 is 0.610 bits per heavy atom. The highest BCUT2D eigenvalue weighted by Crippen LogP contribution is 2.34. The van der Waals surface area contributed by atoms with Gasteiger partial charge in [0.05, 0.1) is 13.2 Å². The molecule has 0 aromatic heterocycles. The van der Waals surface area contributed by atoms with Crippen molar-refractivity contribution in [2.45, 2.75) is 57.9 Å². The minimum atomic E-state index is -0.745. The molecular formula is C31H48O6S4. The van der Waals surface area contributed by atoms with Crippen molar-refractivity contribution in [2.24, 2.45) is 0 Å². The summed E-state index contributed by atoms with van der Waals surface area (Å²) in [5.41, 5.74) is 1.99. The number of aliphatic hydroxyl groups excluding tert-OH is 2. The first-order chi connectivity index (χ1) is 19.7. The highest BCUT2D eigenvalue weighted by atomic mass is 32.2. The highest BCUT2D eigenvalue weighted by molar-refractivity contribution is 8.03. The summed E-state index contributed by atoms with van der Waals surface area (Å²) in [5.74, 6) is 7.47. The molecule has 0 aliphatic rings. The first-order valence-corrected chi connectivity index (χ1v) is 19.1. The minimum absolute atomic E-state index is 0.264. The summed E-state index contributed by atoms with van der Waals surface area (Å²) in [6.45, 7) is 8.76. The third-order valence-electron chi connectivity index (χ3n) is 6.33. The van der Waals surface area contributed by atoms with E-state index in [2.05, 4.69) is 26.4 Å². The predicted molar refractivity (Wildman–Crippen MR) is 181 cm³/mol. The zero-order valence-corrected chi connectivity index (χ0v) is 28.5. The molecule has 0 saturated heterocycles. The molecule has 0 heterocycles. The van der Waals surface area contributed by atoms with Crippen LogP contribution in [0.1, 0.15) is 38.8 Å². The van der Waals surface area contributed by atoms with Crippen molar-refractivity contribution < 1.29 is 29.2 Å². The van der Waals surface area contributed by atoms with E-state index in [0.29, 0.717) is 24.7 Å². The van der Waals surface area contributed by atoms with Crippen molar-refractivity contribution in [2.75, 3.05) is 60.2 Å². The molecule has 6 nitrogen and oxygen atoms in total. The summed E-state index contributed by atoms with van der Waals surface area (Å²) in [6.07, 6.45) is 1.30. The Labute approximate surface area is 264 Å². The lowest BCUT2D eigenvalue weighted by molar-refractivity contribution is -0.135. The molecule has 10 heteroatoms. The molecule has 0 amide bonds. The Hall–Kier alpha value is -0.720. The van der Waals surface area contributed by atoms with Gasteiger partial charge in [-0.05, 0) is 61.8 Å². The third-order valence-corrected chi connectivity index (χ3v) is 9.97. The van der Waals surface area contributed by atoms with Crippen LogP contribution in [0.2, 0.25) is 0 Å². The molecule has 0 radical (unpaired) electrons. The van der Waals surface area contributed by atoms with E-state index in [0.717, 1.165) is 45.6 Å². The van der Waals surface area contributed by atoms with Crippen LogP contribution in [0.3, 0.4) is 0 Å². The van der Waals surface area contributed by atoms with Gasteiger partial charge in [0.25, 0.3) is 0 Å². The smallest absolute Gasteiger partial charge is 0.225 e. The van der Waals surface area contributed by atoms with Crippen molar-refractivity contribution >= 4 is 47.0 Å². The Morgan fingerprint density at radius 2 is 0.976 bits per heavy atom. The normalized spacial score (nSPS) is 14.8. The van der Waals surface area contributed by atoms with E-state index in [-0.39, 0.29) is 5.41 Å². The monoisotopic (exact) mass is 644 g/mol. The van der Waals surface area contributed by atoms with Gasteiger partial charge in [-0.2, -0.15) is 47.0 Å². The molecule has 2 N–H and O–H groups in total. The average molecular weight is 645 g/mol.